The maximum absolute atomic E-state index is 13.5. The Labute approximate surface area is 115 Å². The van der Waals surface area contributed by atoms with Crippen LogP contribution >= 0.6 is 11.5 Å². The van der Waals surface area contributed by atoms with Crippen molar-refractivity contribution in [3.8, 4) is 6.07 Å². The summed E-state index contributed by atoms with van der Waals surface area (Å²) in [5.74, 6) is -0.157. The quantitative estimate of drug-likeness (QED) is 0.929. The Morgan fingerprint density at radius 2 is 1.95 bits per heavy atom. The highest BCUT2D eigenvalue weighted by Gasteiger charge is 2.10. The van der Waals surface area contributed by atoms with Crippen LogP contribution in [0.1, 0.15) is 27.9 Å². The Morgan fingerprint density at radius 1 is 1.32 bits per heavy atom. The minimum atomic E-state index is -0.157. The van der Waals surface area contributed by atoms with Gasteiger partial charge < -0.3 is 5.32 Å². The van der Waals surface area contributed by atoms with Crippen LogP contribution in [0.25, 0.3) is 0 Å². The summed E-state index contributed by atoms with van der Waals surface area (Å²) < 4.78 is 17.7. The molecule has 98 valence electrons. The molecule has 0 amide bonds. The third-order valence-corrected chi connectivity index (χ3v) is 3.82. The van der Waals surface area contributed by atoms with E-state index in [1.807, 2.05) is 19.1 Å². The summed E-state index contributed by atoms with van der Waals surface area (Å²) in [5, 5.41) is 13.0. The first-order valence-electron chi connectivity index (χ1n) is 5.88. The van der Waals surface area contributed by atoms with Gasteiger partial charge in [0, 0.05) is 6.54 Å². The molecule has 1 aromatic carbocycles. The number of benzene rings is 1. The number of anilines is 1. The van der Waals surface area contributed by atoms with E-state index in [2.05, 4.69) is 15.8 Å². The zero-order valence-electron chi connectivity index (χ0n) is 11.0. The number of rotatable bonds is 3. The van der Waals surface area contributed by atoms with Gasteiger partial charge in [-0.05, 0) is 49.0 Å². The summed E-state index contributed by atoms with van der Waals surface area (Å²) in [6.07, 6.45) is 0. The minimum absolute atomic E-state index is 0.157. The van der Waals surface area contributed by atoms with Crippen LogP contribution in [-0.4, -0.2) is 4.37 Å². The van der Waals surface area contributed by atoms with Gasteiger partial charge >= 0.3 is 0 Å². The van der Waals surface area contributed by atoms with Crippen molar-refractivity contribution >= 4 is 16.5 Å². The van der Waals surface area contributed by atoms with Crippen LogP contribution in [-0.2, 0) is 6.54 Å². The Kier molecular flexibility index (Phi) is 3.82. The number of hydrogen-bond donors (Lipinski definition) is 1. The van der Waals surface area contributed by atoms with E-state index in [1.54, 1.807) is 13.8 Å². The zero-order chi connectivity index (χ0) is 14.0. The second kappa shape index (κ2) is 5.37. The average Bonchev–Trinajstić information content (AvgIpc) is 2.73. The smallest absolute Gasteiger partial charge is 0.129 e. The highest BCUT2D eigenvalue weighted by Crippen LogP contribution is 2.24. The van der Waals surface area contributed by atoms with E-state index >= 15 is 0 Å². The molecule has 2 rings (SSSR count). The fraction of sp³-hybridized carbons (Fsp3) is 0.286. The van der Waals surface area contributed by atoms with Gasteiger partial charge in [-0.3, -0.25) is 0 Å². The highest BCUT2D eigenvalue weighted by atomic mass is 32.1. The Bertz CT molecular complexity index is 632. The summed E-state index contributed by atoms with van der Waals surface area (Å²) in [6.45, 7) is 5.87. The summed E-state index contributed by atoms with van der Waals surface area (Å²) in [5.41, 5.74) is 3.59. The first-order valence-corrected chi connectivity index (χ1v) is 6.66. The third kappa shape index (κ3) is 2.74. The maximum atomic E-state index is 13.5. The van der Waals surface area contributed by atoms with Crippen molar-refractivity contribution in [2.75, 3.05) is 5.32 Å². The maximum Gasteiger partial charge on any atom is 0.129 e. The molecule has 2 aromatic rings. The SMILES string of the molecule is Cc1cc(CNc2snc(C)c2C#N)cc(C)c1F. The average molecular weight is 275 g/mol. The second-order valence-electron chi connectivity index (χ2n) is 4.48. The summed E-state index contributed by atoms with van der Waals surface area (Å²) >= 11 is 1.27. The normalized spacial score (nSPS) is 10.3. The van der Waals surface area contributed by atoms with Crippen LogP contribution in [0.5, 0.6) is 0 Å². The number of nitrogens with one attached hydrogen (secondary N) is 1. The monoisotopic (exact) mass is 275 g/mol. The van der Waals surface area contributed by atoms with E-state index in [0.29, 0.717) is 23.2 Å². The largest absolute Gasteiger partial charge is 0.370 e. The number of hydrogen-bond acceptors (Lipinski definition) is 4. The van der Waals surface area contributed by atoms with Crippen molar-refractivity contribution in [3.63, 3.8) is 0 Å². The van der Waals surface area contributed by atoms with Crippen LogP contribution in [0, 0.1) is 37.9 Å². The molecule has 1 aromatic heterocycles. The van der Waals surface area contributed by atoms with Gasteiger partial charge in [-0.2, -0.15) is 9.64 Å². The first kappa shape index (κ1) is 13.5. The Hall–Kier alpha value is -1.93. The molecule has 1 N–H and O–H groups in total. The van der Waals surface area contributed by atoms with Gasteiger partial charge in [0.15, 0.2) is 0 Å². The zero-order valence-corrected chi connectivity index (χ0v) is 11.9. The number of aromatic nitrogens is 1. The molecule has 19 heavy (non-hydrogen) atoms. The van der Waals surface area contributed by atoms with Crippen molar-refractivity contribution in [3.05, 3.63) is 45.9 Å². The van der Waals surface area contributed by atoms with E-state index in [4.69, 9.17) is 5.26 Å². The molecule has 3 nitrogen and oxygen atoms in total. The number of aryl methyl sites for hydroxylation is 3. The van der Waals surface area contributed by atoms with Gasteiger partial charge in [0.05, 0.1) is 5.69 Å². The van der Waals surface area contributed by atoms with E-state index in [1.165, 1.54) is 11.5 Å². The lowest BCUT2D eigenvalue weighted by Gasteiger charge is -2.08. The topological polar surface area (TPSA) is 48.7 Å². The summed E-state index contributed by atoms with van der Waals surface area (Å²) in [6, 6.07) is 5.77. The van der Waals surface area contributed by atoms with Gasteiger partial charge in [0.1, 0.15) is 22.5 Å². The number of nitrogens with zero attached hydrogens (tertiary/aromatic N) is 2. The van der Waals surface area contributed by atoms with Crippen LogP contribution in [0.3, 0.4) is 0 Å². The van der Waals surface area contributed by atoms with Crippen LogP contribution in [0.2, 0.25) is 0 Å². The van der Waals surface area contributed by atoms with Crippen molar-refractivity contribution in [1.29, 1.82) is 5.26 Å². The molecule has 0 unspecified atom stereocenters. The van der Waals surface area contributed by atoms with Crippen LogP contribution in [0.15, 0.2) is 12.1 Å². The molecule has 1 heterocycles. The minimum Gasteiger partial charge on any atom is -0.370 e. The molecule has 5 heteroatoms. The fourth-order valence-electron chi connectivity index (χ4n) is 1.94. The molecule has 0 fully saturated rings. The van der Waals surface area contributed by atoms with Gasteiger partial charge in [0.25, 0.3) is 0 Å². The second-order valence-corrected chi connectivity index (χ2v) is 5.25. The standard InChI is InChI=1S/C14H14FN3S/c1-8-4-11(5-9(2)13(8)15)7-17-14-12(6-16)10(3)18-19-14/h4-5,17H,7H2,1-3H3. The molecule has 0 saturated heterocycles. The van der Waals surface area contributed by atoms with E-state index in [-0.39, 0.29) is 5.82 Å². The first-order chi connectivity index (χ1) is 9.02. The molecule has 0 aliphatic carbocycles. The summed E-state index contributed by atoms with van der Waals surface area (Å²) in [4.78, 5) is 0. The van der Waals surface area contributed by atoms with E-state index < -0.39 is 0 Å². The molecule has 0 saturated carbocycles. The Balaban J connectivity index is 2.17. The van der Waals surface area contributed by atoms with Crippen molar-refractivity contribution in [2.24, 2.45) is 0 Å². The molecule has 0 aliphatic heterocycles. The van der Waals surface area contributed by atoms with Gasteiger partial charge in [-0.1, -0.05) is 12.1 Å². The Morgan fingerprint density at radius 3 is 2.53 bits per heavy atom. The van der Waals surface area contributed by atoms with Crippen LogP contribution < -0.4 is 5.32 Å². The molecule has 0 radical (unpaired) electrons. The van der Waals surface area contributed by atoms with E-state index in [0.717, 1.165) is 16.3 Å². The molecular formula is C14H14FN3S. The number of nitriles is 1. The lowest BCUT2D eigenvalue weighted by Crippen LogP contribution is -2.01. The molecule has 0 bridgehead atoms. The predicted molar refractivity (Wildman–Crippen MR) is 74.8 cm³/mol. The van der Waals surface area contributed by atoms with Crippen LogP contribution in [0.4, 0.5) is 9.39 Å². The van der Waals surface area contributed by atoms with Gasteiger partial charge in [-0.15, -0.1) is 0 Å². The lowest BCUT2D eigenvalue weighted by molar-refractivity contribution is 0.608. The van der Waals surface area contributed by atoms with Crippen molar-refractivity contribution < 1.29 is 4.39 Å². The van der Waals surface area contributed by atoms with Crippen molar-refractivity contribution in [1.82, 2.24) is 4.37 Å². The fourth-order valence-corrected chi connectivity index (χ4v) is 2.68. The van der Waals surface area contributed by atoms with Gasteiger partial charge in [-0.25, -0.2) is 4.39 Å². The highest BCUT2D eigenvalue weighted by molar-refractivity contribution is 7.10. The summed E-state index contributed by atoms with van der Waals surface area (Å²) in [7, 11) is 0. The molecule has 0 spiro atoms. The third-order valence-electron chi connectivity index (χ3n) is 2.92. The number of halogens is 1. The predicted octanol–water partition coefficient (Wildman–Crippen LogP) is 3.69. The lowest BCUT2D eigenvalue weighted by atomic mass is 10.1. The molecule has 0 aliphatic rings. The van der Waals surface area contributed by atoms with Crippen molar-refractivity contribution in [2.45, 2.75) is 27.3 Å². The molecule has 0 atom stereocenters. The molecular weight excluding hydrogens is 261 g/mol. The van der Waals surface area contributed by atoms with Gasteiger partial charge in [0.2, 0.25) is 0 Å². The van der Waals surface area contributed by atoms with E-state index in [9.17, 15) is 4.39 Å².